The Morgan fingerprint density at radius 3 is 1.65 bits per heavy atom. The predicted octanol–water partition coefficient (Wildman–Crippen LogP) is 1.78. The van der Waals surface area contributed by atoms with Crippen LogP contribution in [0.1, 0.15) is 91.8 Å². The average Bonchev–Trinajstić information content (AvgIpc) is 3.04. The number of carbonyl (C=O) groups excluding carboxylic acids is 1. The van der Waals surface area contributed by atoms with Crippen molar-refractivity contribution in [2.24, 2.45) is 0 Å². The molecule has 0 fully saturated rings. The molecule has 0 bridgehead atoms. The van der Waals surface area contributed by atoms with Crippen LogP contribution in [0.2, 0.25) is 0 Å². The van der Waals surface area contributed by atoms with Crippen LogP contribution in [0.5, 0.6) is 0 Å². The summed E-state index contributed by atoms with van der Waals surface area (Å²) in [7, 11) is 2.00. The number of nitrogen functional groups attached to an aromatic ring is 1. The maximum absolute atomic E-state index is 11.4. The van der Waals surface area contributed by atoms with Gasteiger partial charge in [-0.1, -0.05) is 18.2 Å². The van der Waals surface area contributed by atoms with Crippen molar-refractivity contribution in [3.63, 3.8) is 0 Å². The maximum Gasteiger partial charge on any atom is 1.00 e. The fraction of sp³-hybridized carbons (Fsp3) is 0.406. The SMILES string of the molecule is CO.CO.Nc1ccc2c(c1)C(O)CCC2.O=C1CCCc2ccc([N+](=O)[O-])cc21.O=[N+]([O-])c1ccc2c(c1)C(O)CCC2.[B].[H-].[H-].[Na+]. The van der Waals surface area contributed by atoms with Crippen molar-refractivity contribution in [3.8, 4) is 0 Å². The Morgan fingerprint density at radius 2 is 1.13 bits per heavy atom. The van der Waals surface area contributed by atoms with Gasteiger partial charge in [0.1, 0.15) is 0 Å². The van der Waals surface area contributed by atoms with Gasteiger partial charge >= 0.3 is 29.6 Å². The normalized spacial score (nSPS) is 16.7. The van der Waals surface area contributed by atoms with E-state index in [1.54, 1.807) is 12.1 Å². The molecule has 0 spiro atoms. The Bertz CT molecular complexity index is 1450. The molecule has 2 atom stereocenters. The van der Waals surface area contributed by atoms with E-state index in [1.165, 1.54) is 29.8 Å². The quantitative estimate of drug-likeness (QED) is 0.118. The molecule has 0 aliphatic heterocycles. The second-order valence-corrected chi connectivity index (χ2v) is 10.3. The van der Waals surface area contributed by atoms with E-state index in [0.29, 0.717) is 18.4 Å². The topological polar surface area (TPSA) is 210 Å². The molecule has 3 aliphatic carbocycles. The Kier molecular flexibility index (Phi) is 20.1. The number of benzene rings is 3. The molecular formula is C32H43BN3NaO9-. The van der Waals surface area contributed by atoms with Crippen molar-refractivity contribution >= 4 is 31.3 Å². The molecule has 12 nitrogen and oxygen atoms in total. The molecule has 2 unspecified atom stereocenters. The van der Waals surface area contributed by atoms with E-state index in [1.807, 2.05) is 18.2 Å². The molecule has 14 heteroatoms. The number of Topliss-reactive ketones (excluding diaryl/α,β-unsaturated/α-hetero) is 1. The monoisotopic (exact) mass is 647 g/mol. The van der Waals surface area contributed by atoms with Gasteiger partial charge in [-0.15, -0.1) is 0 Å². The minimum Gasteiger partial charge on any atom is -1.00 e. The van der Waals surface area contributed by atoms with Crippen molar-refractivity contribution in [1.29, 1.82) is 0 Å². The number of nitro groups is 2. The van der Waals surface area contributed by atoms with Gasteiger partial charge in [0.25, 0.3) is 11.4 Å². The number of hydrogen-bond donors (Lipinski definition) is 5. The summed E-state index contributed by atoms with van der Waals surface area (Å²) >= 11 is 0. The minimum atomic E-state index is -0.529. The molecule has 0 amide bonds. The van der Waals surface area contributed by atoms with Crippen LogP contribution in [0.4, 0.5) is 17.1 Å². The minimum absolute atomic E-state index is 0. The largest absolute Gasteiger partial charge is 1.00 e. The van der Waals surface area contributed by atoms with E-state index in [0.717, 1.165) is 87.1 Å². The Hall–Kier alpha value is -3.17. The van der Waals surface area contributed by atoms with E-state index in [2.05, 4.69) is 0 Å². The summed E-state index contributed by atoms with van der Waals surface area (Å²) in [6.07, 6.45) is 6.97. The predicted molar refractivity (Wildman–Crippen MR) is 174 cm³/mol. The van der Waals surface area contributed by atoms with Gasteiger partial charge in [0.05, 0.1) is 22.1 Å². The molecule has 6 rings (SSSR count). The molecule has 3 aromatic rings. The third kappa shape index (κ3) is 11.9. The van der Waals surface area contributed by atoms with Crippen LogP contribution in [-0.2, 0) is 19.3 Å². The Morgan fingerprint density at radius 1 is 0.696 bits per heavy atom. The smallest absolute Gasteiger partial charge is 1.00 e. The van der Waals surface area contributed by atoms with Crippen LogP contribution >= 0.6 is 0 Å². The number of fused-ring (bicyclic) bond motifs is 3. The van der Waals surface area contributed by atoms with E-state index in [-0.39, 0.29) is 64.1 Å². The maximum atomic E-state index is 11.4. The number of aliphatic hydroxyl groups excluding tert-OH is 4. The summed E-state index contributed by atoms with van der Waals surface area (Å²) in [5.41, 5.74) is 12.0. The first-order valence-corrected chi connectivity index (χ1v) is 14.4. The number of aliphatic hydroxyl groups is 4. The van der Waals surface area contributed by atoms with Gasteiger partial charge in [0.2, 0.25) is 0 Å². The van der Waals surface area contributed by atoms with Gasteiger partial charge in [-0.3, -0.25) is 25.0 Å². The number of anilines is 1. The summed E-state index contributed by atoms with van der Waals surface area (Å²) in [5.74, 6) is 0.0231. The molecule has 0 aromatic heterocycles. The summed E-state index contributed by atoms with van der Waals surface area (Å²) in [6.45, 7) is 0. The number of rotatable bonds is 2. The van der Waals surface area contributed by atoms with Crippen LogP contribution in [0, 0.1) is 20.2 Å². The van der Waals surface area contributed by atoms with E-state index >= 15 is 0 Å². The van der Waals surface area contributed by atoms with Crippen LogP contribution in [0.3, 0.4) is 0 Å². The summed E-state index contributed by atoms with van der Waals surface area (Å²) in [5, 5.41) is 54.3. The van der Waals surface area contributed by atoms with Crippen LogP contribution in [0.25, 0.3) is 0 Å². The van der Waals surface area contributed by atoms with E-state index < -0.39 is 16.0 Å². The molecule has 46 heavy (non-hydrogen) atoms. The molecule has 6 N–H and O–H groups in total. The number of nitrogens with two attached hydrogens (primary N) is 1. The molecule has 0 heterocycles. The number of ketones is 1. The van der Waals surface area contributed by atoms with Gasteiger partial charge in [0, 0.05) is 64.6 Å². The van der Waals surface area contributed by atoms with Crippen LogP contribution in [-0.4, -0.2) is 58.7 Å². The molecular weight excluding hydrogens is 604 g/mol. The fourth-order valence-electron chi connectivity index (χ4n) is 5.40. The molecule has 0 saturated heterocycles. The molecule has 0 saturated carbocycles. The molecule has 3 aliphatic rings. The van der Waals surface area contributed by atoms with Crippen molar-refractivity contribution < 1.29 is 67.5 Å². The van der Waals surface area contributed by atoms with Crippen molar-refractivity contribution in [2.45, 2.75) is 70.0 Å². The summed E-state index contributed by atoms with van der Waals surface area (Å²) in [4.78, 5) is 31.5. The molecule has 3 radical (unpaired) electrons. The third-order valence-electron chi connectivity index (χ3n) is 7.53. The second kappa shape index (κ2) is 21.6. The van der Waals surface area contributed by atoms with Gasteiger partial charge in [-0.05, 0) is 91.3 Å². The first-order chi connectivity index (χ1) is 21.1. The number of nitro benzene ring substituents is 2. The molecule has 3 aromatic carbocycles. The number of hydrogen-bond acceptors (Lipinski definition) is 10. The molecule has 245 valence electrons. The zero-order valence-electron chi connectivity index (χ0n) is 28.6. The van der Waals surface area contributed by atoms with Crippen molar-refractivity contribution in [2.75, 3.05) is 20.0 Å². The van der Waals surface area contributed by atoms with Crippen LogP contribution in [0.15, 0.2) is 54.6 Å². The van der Waals surface area contributed by atoms with Gasteiger partial charge < -0.3 is 29.0 Å². The zero-order chi connectivity index (χ0) is 32.8. The number of carbonyl (C=O) groups is 1. The second-order valence-electron chi connectivity index (χ2n) is 10.3. The Labute approximate surface area is 295 Å². The summed E-state index contributed by atoms with van der Waals surface area (Å²) in [6, 6.07) is 15.1. The number of nitrogens with zero attached hydrogens (tertiary/aromatic N) is 2. The first kappa shape index (κ1) is 42.8. The van der Waals surface area contributed by atoms with E-state index in [9.17, 15) is 35.2 Å². The average molecular weight is 648 g/mol. The van der Waals surface area contributed by atoms with Gasteiger partial charge in [-0.2, -0.15) is 0 Å². The van der Waals surface area contributed by atoms with E-state index in [4.69, 9.17) is 15.9 Å². The van der Waals surface area contributed by atoms with Crippen LogP contribution < -0.4 is 35.3 Å². The van der Waals surface area contributed by atoms with Gasteiger partial charge in [-0.25, -0.2) is 0 Å². The summed E-state index contributed by atoms with van der Waals surface area (Å²) < 4.78 is 0. The van der Waals surface area contributed by atoms with Crippen molar-refractivity contribution in [1.82, 2.24) is 0 Å². The Balaban J connectivity index is -0.000000579. The third-order valence-corrected chi connectivity index (χ3v) is 7.53. The van der Waals surface area contributed by atoms with Gasteiger partial charge in [0.15, 0.2) is 5.78 Å². The number of aryl methyl sites for hydroxylation is 3. The first-order valence-electron chi connectivity index (χ1n) is 14.4. The standard InChI is InChI=1S/C10H11NO3.C10H9NO3.C10H13NO.2CH4O.B.Na.2H/c2*12-10-3-1-2-7-4-5-8(11(13)14)6-9(7)10;11-8-5-4-7-2-1-3-10(12)9(7)6-8;2*1-2;;;;/h4-6,10,12H,1-3H2;4-6H,1-3H2;4-6,10,12H,1-3,11H2;2*2H,1H3;;;;/q;;;;;;+1;2*-1. The zero-order valence-corrected chi connectivity index (χ0v) is 28.6. The van der Waals surface area contributed by atoms with Crippen molar-refractivity contribution in [3.05, 3.63) is 108 Å². The fourth-order valence-corrected chi connectivity index (χ4v) is 5.40. The number of non-ortho nitro benzene ring substituents is 2.